The quantitative estimate of drug-likeness (QED) is 0.710. The molecule has 0 unspecified atom stereocenters. The van der Waals surface area contributed by atoms with E-state index in [1.807, 2.05) is 0 Å². The van der Waals surface area contributed by atoms with Gasteiger partial charge in [0, 0.05) is 37.6 Å². The Labute approximate surface area is 188 Å². The first-order chi connectivity index (χ1) is 15.5. The number of aromatic nitrogens is 2. The molecule has 1 aliphatic heterocycles. The molecule has 0 saturated carbocycles. The SMILES string of the molecule is CC(C)(C(=O)N1CCC[C@@H](C(=O)NCc2ccc(C#N)cc2OC(F)(F)F)C1)n1cccn1. The van der Waals surface area contributed by atoms with Crippen LogP contribution in [0.4, 0.5) is 13.2 Å². The van der Waals surface area contributed by atoms with Crippen LogP contribution in [0.5, 0.6) is 5.75 Å². The molecular weight excluding hydrogens is 439 g/mol. The van der Waals surface area contributed by atoms with Crippen molar-refractivity contribution in [2.45, 2.75) is 45.1 Å². The standard InChI is InChI=1S/C22H24F3N5O3/c1-21(2,30-10-4-8-28-30)20(32)29-9-3-5-17(14-29)19(31)27-13-16-7-6-15(12-26)11-18(16)33-22(23,24)25/h4,6-8,10-11,17H,3,5,9,13-14H2,1-2H3,(H,27,31)/t17-/m1/s1. The third-order valence-corrected chi connectivity index (χ3v) is 5.55. The Bertz CT molecular complexity index is 1040. The summed E-state index contributed by atoms with van der Waals surface area (Å²) in [5.41, 5.74) is -0.831. The van der Waals surface area contributed by atoms with E-state index < -0.39 is 23.6 Å². The van der Waals surface area contributed by atoms with Gasteiger partial charge in [0.25, 0.3) is 0 Å². The molecule has 2 aromatic rings. The summed E-state index contributed by atoms with van der Waals surface area (Å²) in [6.07, 6.45) is -0.473. The number of hydrogen-bond acceptors (Lipinski definition) is 5. The van der Waals surface area contributed by atoms with Gasteiger partial charge in [0.15, 0.2) is 0 Å². The molecule has 2 heterocycles. The van der Waals surface area contributed by atoms with E-state index in [9.17, 15) is 22.8 Å². The second-order valence-electron chi connectivity index (χ2n) is 8.30. The Balaban J connectivity index is 1.65. The van der Waals surface area contributed by atoms with E-state index in [0.29, 0.717) is 19.4 Å². The highest BCUT2D eigenvalue weighted by molar-refractivity contribution is 5.85. The Hall–Kier alpha value is -3.55. The van der Waals surface area contributed by atoms with Crippen LogP contribution in [0.25, 0.3) is 0 Å². The Kier molecular flexibility index (Phi) is 6.95. The van der Waals surface area contributed by atoms with Crippen molar-refractivity contribution in [1.82, 2.24) is 20.0 Å². The van der Waals surface area contributed by atoms with Crippen LogP contribution in [0, 0.1) is 17.2 Å². The second-order valence-corrected chi connectivity index (χ2v) is 8.30. The van der Waals surface area contributed by atoms with Crippen molar-refractivity contribution in [2.75, 3.05) is 13.1 Å². The Morgan fingerprint density at radius 2 is 2.09 bits per heavy atom. The minimum Gasteiger partial charge on any atom is -0.405 e. The molecule has 1 aliphatic rings. The lowest BCUT2D eigenvalue weighted by atomic mass is 9.94. The van der Waals surface area contributed by atoms with Gasteiger partial charge in [-0.2, -0.15) is 10.4 Å². The maximum absolute atomic E-state index is 13.1. The van der Waals surface area contributed by atoms with Crippen LogP contribution in [-0.4, -0.2) is 45.9 Å². The Morgan fingerprint density at radius 1 is 1.33 bits per heavy atom. The fraction of sp³-hybridized carbons (Fsp3) is 0.455. The van der Waals surface area contributed by atoms with Crippen LogP contribution in [0.2, 0.25) is 0 Å². The topological polar surface area (TPSA) is 100 Å². The number of benzene rings is 1. The summed E-state index contributed by atoms with van der Waals surface area (Å²) < 4.78 is 43.8. The van der Waals surface area contributed by atoms with Gasteiger partial charge in [-0.3, -0.25) is 14.3 Å². The largest absolute Gasteiger partial charge is 0.573 e. The van der Waals surface area contributed by atoms with E-state index >= 15 is 0 Å². The molecule has 2 amide bonds. The first kappa shape index (κ1) is 24.1. The number of likely N-dealkylation sites (tertiary alicyclic amines) is 1. The molecule has 176 valence electrons. The van der Waals surface area contributed by atoms with Crippen LogP contribution in [0.15, 0.2) is 36.7 Å². The molecular formula is C22H24F3N5O3. The fourth-order valence-electron chi connectivity index (χ4n) is 3.78. The third kappa shape index (κ3) is 5.83. The molecule has 11 heteroatoms. The second kappa shape index (κ2) is 9.52. The molecule has 33 heavy (non-hydrogen) atoms. The lowest BCUT2D eigenvalue weighted by Gasteiger charge is -2.37. The molecule has 1 atom stereocenters. The third-order valence-electron chi connectivity index (χ3n) is 5.55. The highest BCUT2D eigenvalue weighted by Crippen LogP contribution is 2.28. The molecule has 1 aromatic carbocycles. The highest BCUT2D eigenvalue weighted by Gasteiger charge is 2.38. The van der Waals surface area contributed by atoms with Crippen LogP contribution >= 0.6 is 0 Å². The molecule has 0 radical (unpaired) electrons. The molecule has 3 rings (SSSR count). The van der Waals surface area contributed by atoms with Gasteiger partial charge in [-0.1, -0.05) is 6.07 Å². The molecule has 8 nitrogen and oxygen atoms in total. The normalized spacial score (nSPS) is 16.7. The lowest BCUT2D eigenvalue weighted by Crippen LogP contribution is -2.52. The maximum atomic E-state index is 13.1. The number of hydrogen-bond donors (Lipinski definition) is 1. The first-order valence-corrected chi connectivity index (χ1v) is 10.4. The predicted octanol–water partition coefficient (Wildman–Crippen LogP) is 2.94. The number of nitrogens with one attached hydrogen (secondary N) is 1. The average Bonchev–Trinajstić information content (AvgIpc) is 3.32. The summed E-state index contributed by atoms with van der Waals surface area (Å²) >= 11 is 0. The molecule has 0 aliphatic carbocycles. The summed E-state index contributed by atoms with van der Waals surface area (Å²) in [7, 11) is 0. The van der Waals surface area contributed by atoms with E-state index in [2.05, 4.69) is 15.2 Å². The summed E-state index contributed by atoms with van der Waals surface area (Å²) in [4.78, 5) is 27.5. The number of carbonyl (C=O) groups excluding carboxylic acids is 2. The number of halogens is 3. The van der Waals surface area contributed by atoms with Gasteiger partial charge < -0.3 is 15.0 Å². The molecule has 1 N–H and O–H groups in total. The van der Waals surface area contributed by atoms with E-state index in [1.54, 1.807) is 48.0 Å². The summed E-state index contributed by atoms with van der Waals surface area (Å²) in [5.74, 6) is -1.58. The van der Waals surface area contributed by atoms with Gasteiger partial charge in [0.05, 0.1) is 17.6 Å². The number of carbonyl (C=O) groups is 2. The minimum absolute atomic E-state index is 0.00515. The molecule has 1 saturated heterocycles. The van der Waals surface area contributed by atoms with Crippen molar-refractivity contribution in [3.05, 3.63) is 47.8 Å². The van der Waals surface area contributed by atoms with Crippen molar-refractivity contribution in [3.8, 4) is 11.8 Å². The highest BCUT2D eigenvalue weighted by atomic mass is 19.4. The van der Waals surface area contributed by atoms with Gasteiger partial charge in [-0.15, -0.1) is 13.2 Å². The number of amides is 2. The minimum atomic E-state index is -4.93. The van der Waals surface area contributed by atoms with Gasteiger partial charge >= 0.3 is 6.36 Å². The van der Waals surface area contributed by atoms with Gasteiger partial charge in [0.2, 0.25) is 11.8 Å². The number of nitrogens with zero attached hydrogens (tertiary/aromatic N) is 4. The molecule has 0 bridgehead atoms. The van der Waals surface area contributed by atoms with E-state index in [0.717, 1.165) is 6.07 Å². The van der Waals surface area contributed by atoms with Crippen LogP contribution in [0.3, 0.4) is 0 Å². The summed E-state index contributed by atoms with van der Waals surface area (Å²) in [6.45, 7) is 4.00. The van der Waals surface area contributed by atoms with Crippen molar-refractivity contribution in [1.29, 1.82) is 5.26 Å². The Morgan fingerprint density at radius 3 is 2.73 bits per heavy atom. The number of alkyl halides is 3. The van der Waals surface area contributed by atoms with E-state index in [1.165, 1.54) is 12.1 Å². The average molecular weight is 463 g/mol. The number of rotatable bonds is 6. The maximum Gasteiger partial charge on any atom is 0.573 e. The van der Waals surface area contributed by atoms with Crippen LogP contribution in [-0.2, 0) is 21.7 Å². The molecule has 0 spiro atoms. The smallest absolute Gasteiger partial charge is 0.405 e. The lowest BCUT2D eigenvalue weighted by molar-refractivity contribution is -0.274. The predicted molar refractivity (Wildman–Crippen MR) is 111 cm³/mol. The number of nitriles is 1. The van der Waals surface area contributed by atoms with Crippen molar-refractivity contribution in [3.63, 3.8) is 0 Å². The van der Waals surface area contributed by atoms with Gasteiger partial charge in [-0.05, 0) is 44.9 Å². The van der Waals surface area contributed by atoms with E-state index in [4.69, 9.17) is 5.26 Å². The van der Waals surface area contributed by atoms with Crippen molar-refractivity contribution in [2.24, 2.45) is 5.92 Å². The van der Waals surface area contributed by atoms with Gasteiger partial charge in [0.1, 0.15) is 11.3 Å². The molecule has 1 fully saturated rings. The van der Waals surface area contributed by atoms with E-state index in [-0.39, 0.29) is 36.0 Å². The zero-order chi connectivity index (χ0) is 24.2. The monoisotopic (exact) mass is 463 g/mol. The summed E-state index contributed by atoms with van der Waals surface area (Å²) in [5, 5.41) is 15.7. The van der Waals surface area contributed by atoms with Gasteiger partial charge in [-0.25, -0.2) is 0 Å². The first-order valence-electron chi connectivity index (χ1n) is 10.4. The summed E-state index contributed by atoms with van der Waals surface area (Å²) in [6, 6.07) is 7.12. The zero-order valence-electron chi connectivity index (χ0n) is 18.2. The fourth-order valence-corrected chi connectivity index (χ4v) is 3.78. The van der Waals surface area contributed by atoms with Crippen molar-refractivity contribution >= 4 is 11.8 Å². The number of piperidine rings is 1. The number of ether oxygens (including phenoxy) is 1. The zero-order valence-corrected chi connectivity index (χ0v) is 18.2. The van der Waals surface area contributed by atoms with Crippen LogP contribution in [0.1, 0.15) is 37.8 Å². The van der Waals surface area contributed by atoms with Crippen LogP contribution < -0.4 is 10.1 Å². The van der Waals surface area contributed by atoms with Crippen molar-refractivity contribution < 1.29 is 27.5 Å². The molecule has 1 aromatic heterocycles.